The van der Waals surface area contributed by atoms with E-state index in [2.05, 4.69) is 19.1 Å². The highest BCUT2D eigenvalue weighted by molar-refractivity contribution is 5.81. The molecule has 0 aliphatic heterocycles. The van der Waals surface area contributed by atoms with Crippen LogP contribution in [0.2, 0.25) is 0 Å². The molecule has 0 saturated heterocycles. The van der Waals surface area contributed by atoms with Crippen molar-refractivity contribution in [1.29, 1.82) is 0 Å². The van der Waals surface area contributed by atoms with Crippen LogP contribution in [0.1, 0.15) is 50.7 Å². The van der Waals surface area contributed by atoms with E-state index in [4.69, 9.17) is 14.2 Å². The maximum absolute atomic E-state index is 11.5. The monoisotopic (exact) mass is 354 g/mol. The van der Waals surface area contributed by atoms with Crippen LogP contribution in [0, 0.1) is 5.41 Å². The first-order chi connectivity index (χ1) is 12.5. The Balaban J connectivity index is 1.77. The molecule has 4 rings (SSSR count). The second-order valence-electron chi connectivity index (χ2n) is 7.65. The molecule has 4 nitrogen and oxygen atoms in total. The highest BCUT2D eigenvalue weighted by Crippen LogP contribution is 2.57. The number of benzene rings is 1. The molecule has 0 spiro atoms. The molecule has 0 amide bonds. The summed E-state index contributed by atoms with van der Waals surface area (Å²) in [6, 6.07) is 4.18. The summed E-state index contributed by atoms with van der Waals surface area (Å²) in [6.45, 7) is 3.76. The minimum atomic E-state index is -0.184. The van der Waals surface area contributed by atoms with Crippen LogP contribution in [0.4, 0.5) is 0 Å². The van der Waals surface area contributed by atoms with Gasteiger partial charge in [0.15, 0.2) is 11.5 Å². The lowest BCUT2D eigenvalue weighted by Gasteiger charge is -2.41. The van der Waals surface area contributed by atoms with E-state index in [1.54, 1.807) is 14.2 Å². The highest BCUT2D eigenvalue weighted by atomic mass is 16.5. The molecule has 3 aliphatic rings. The van der Waals surface area contributed by atoms with Gasteiger partial charge >= 0.3 is 5.97 Å². The summed E-state index contributed by atoms with van der Waals surface area (Å²) in [4.78, 5) is 11.5. The third kappa shape index (κ3) is 2.38. The van der Waals surface area contributed by atoms with E-state index in [0.717, 1.165) is 43.6 Å². The van der Waals surface area contributed by atoms with Gasteiger partial charge in [-0.2, -0.15) is 0 Å². The van der Waals surface area contributed by atoms with Crippen LogP contribution in [-0.2, 0) is 16.0 Å². The van der Waals surface area contributed by atoms with Gasteiger partial charge in [0.2, 0.25) is 0 Å². The van der Waals surface area contributed by atoms with Gasteiger partial charge in [0.1, 0.15) is 6.10 Å². The quantitative estimate of drug-likeness (QED) is 0.752. The van der Waals surface area contributed by atoms with Crippen LogP contribution >= 0.6 is 0 Å². The maximum Gasteiger partial charge on any atom is 0.302 e. The molecule has 0 unspecified atom stereocenters. The van der Waals surface area contributed by atoms with E-state index in [9.17, 15) is 4.79 Å². The molecule has 3 aliphatic carbocycles. The SMILES string of the molecule is COc1ccc2c(c1OC)CCC1=C2CC[C@@]2(C)C1=CC[C@@H]2OC(C)=O. The Bertz CT molecular complexity index is 833. The van der Waals surface area contributed by atoms with Crippen LogP contribution in [0.25, 0.3) is 5.57 Å². The molecule has 0 bridgehead atoms. The van der Waals surface area contributed by atoms with Crippen molar-refractivity contribution in [3.8, 4) is 11.5 Å². The molecule has 0 saturated carbocycles. The maximum atomic E-state index is 11.5. The molecular weight excluding hydrogens is 328 g/mol. The summed E-state index contributed by atoms with van der Waals surface area (Å²) < 4.78 is 16.8. The largest absolute Gasteiger partial charge is 0.493 e. The third-order valence-corrected chi connectivity index (χ3v) is 6.35. The van der Waals surface area contributed by atoms with E-state index >= 15 is 0 Å². The fourth-order valence-electron chi connectivity index (χ4n) is 5.09. The molecule has 1 aromatic carbocycles. The predicted octanol–water partition coefficient (Wildman–Crippen LogP) is 4.47. The number of hydrogen-bond donors (Lipinski definition) is 0. The van der Waals surface area contributed by atoms with E-state index in [1.165, 1.54) is 34.8 Å². The zero-order chi connectivity index (χ0) is 18.5. The average molecular weight is 354 g/mol. The summed E-state index contributed by atoms with van der Waals surface area (Å²) in [6.07, 6.45) is 7.04. The highest BCUT2D eigenvalue weighted by Gasteiger charge is 2.48. The number of esters is 1. The van der Waals surface area contributed by atoms with Crippen LogP contribution < -0.4 is 9.47 Å². The van der Waals surface area contributed by atoms with Crippen molar-refractivity contribution < 1.29 is 19.0 Å². The minimum Gasteiger partial charge on any atom is -0.493 e. The topological polar surface area (TPSA) is 44.8 Å². The second-order valence-corrected chi connectivity index (χ2v) is 7.65. The van der Waals surface area contributed by atoms with Gasteiger partial charge in [0, 0.05) is 24.3 Å². The zero-order valence-electron chi connectivity index (χ0n) is 16.0. The van der Waals surface area contributed by atoms with E-state index in [-0.39, 0.29) is 17.5 Å². The van der Waals surface area contributed by atoms with Crippen molar-refractivity contribution in [2.45, 2.75) is 52.1 Å². The lowest BCUT2D eigenvalue weighted by molar-refractivity contribution is -0.150. The normalized spacial score (nSPS) is 26.5. The van der Waals surface area contributed by atoms with Gasteiger partial charge in [0.05, 0.1) is 14.2 Å². The van der Waals surface area contributed by atoms with Gasteiger partial charge in [-0.3, -0.25) is 4.79 Å². The number of carbonyl (C=O) groups excluding carboxylic acids is 1. The smallest absolute Gasteiger partial charge is 0.302 e. The fraction of sp³-hybridized carbons (Fsp3) is 0.500. The Labute approximate surface area is 154 Å². The van der Waals surface area contributed by atoms with Crippen molar-refractivity contribution in [1.82, 2.24) is 0 Å². The number of allylic oxidation sites excluding steroid dienone is 2. The molecule has 0 fully saturated rings. The van der Waals surface area contributed by atoms with Crippen molar-refractivity contribution >= 4 is 11.5 Å². The van der Waals surface area contributed by atoms with Crippen LogP contribution in [0.5, 0.6) is 11.5 Å². The summed E-state index contributed by atoms with van der Waals surface area (Å²) in [7, 11) is 3.39. The van der Waals surface area contributed by atoms with E-state index in [0.29, 0.717) is 0 Å². The molecule has 0 radical (unpaired) electrons. The number of hydrogen-bond acceptors (Lipinski definition) is 4. The number of ether oxygens (including phenoxy) is 3. The third-order valence-electron chi connectivity index (χ3n) is 6.35. The Morgan fingerprint density at radius 1 is 1.12 bits per heavy atom. The summed E-state index contributed by atoms with van der Waals surface area (Å²) in [5.74, 6) is 1.48. The molecule has 0 heterocycles. The number of rotatable bonds is 3. The molecule has 4 heteroatoms. The molecule has 2 atom stereocenters. The minimum absolute atomic E-state index is 0.0316. The predicted molar refractivity (Wildman–Crippen MR) is 100 cm³/mol. The Hall–Kier alpha value is -2.23. The first-order valence-corrected chi connectivity index (χ1v) is 9.34. The standard InChI is InChI=1S/C22H26O4/c1-13(23)26-20-10-8-18-16-5-6-17-14(15(16)11-12-22(18,20)2)7-9-19(24-3)21(17)25-4/h7-9,20H,5-6,10-12H2,1-4H3/t20-,22-/m0/s1. The molecule has 0 N–H and O–H groups in total. The van der Waals surface area contributed by atoms with Crippen molar-refractivity contribution in [2.24, 2.45) is 5.41 Å². The summed E-state index contributed by atoms with van der Waals surface area (Å²) >= 11 is 0. The molecular formula is C22H26O4. The Kier molecular flexibility index (Phi) is 4.09. The van der Waals surface area contributed by atoms with Crippen molar-refractivity contribution in [3.05, 3.63) is 40.5 Å². The number of fused-ring (bicyclic) bond motifs is 4. The van der Waals surface area contributed by atoms with Gasteiger partial charge in [-0.05, 0) is 54.0 Å². The zero-order valence-corrected chi connectivity index (χ0v) is 16.0. The van der Waals surface area contributed by atoms with Gasteiger partial charge in [-0.25, -0.2) is 0 Å². The first kappa shape index (κ1) is 17.2. The number of methoxy groups -OCH3 is 2. The van der Waals surface area contributed by atoms with E-state index in [1.807, 2.05) is 6.07 Å². The first-order valence-electron chi connectivity index (χ1n) is 9.34. The van der Waals surface area contributed by atoms with Crippen LogP contribution in [0.15, 0.2) is 29.4 Å². The Morgan fingerprint density at radius 3 is 2.62 bits per heavy atom. The average Bonchev–Trinajstić information content (AvgIpc) is 2.96. The second kappa shape index (κ2) is 6.19. The van der Waals surface area contributed by atoms with Gasteiger partial charge < -0.3 is 14.2 Å². The van der Waals surface area contributed by atoms with Crippen molar-refractivity contribution in [2.75, 3.05) is 14.2 Å². The molecule has 0 aromatic heterocycles. The molecule has 138 valence electrons. The Morgan fingerprint density at radius 2 is 1.92 bits per heavy atom. The summed E-state index contributed by atoms with van der Waals surface area (Å²) in [5, 5.41) is 0. The number of carbonyl (C=O) groups is 1. The molecule has 26 heavy (non-hydrogen) atoms. The van der Waals surface area contributed by atoms with Crippen LogP contribution in [0.3, 0.4) is 0 Å². The van der Waals surface area contributed by atoms with E-state index < -0.39 is 0 Å². The summed E-state index contributed by atoms with van der Waals surface area (Å²) in [5.41, 5.74) is 6.77. The lowest BCUT2D eigenvalue weighted by atomic mass is 9.65. The molecule has 1 aromatic rings. The van der Waals surface area contributed by atoms with Gasteiger partial charge in [-0.1, -0.05) is 19.1 Å². The van der Waals surface area contributed by atoms with Crippen molar-refractivity contribution in [3.63, 3.8) is 0 Å². The van der Waals surface area contributed by atoms with Gasteiger partial charge in [-0.15, -0.1) is 0 Å². The van der Waals surface area contributed by atoms with Gasteiger partial charge in [0.25, 0.3) is 0 Å². The van der Waals surface area contributed by atoms with Crippen LogP contribution in [-0.4, -0.2) is 26.3 Å². The lowest BCUT2D eigenvalue weighted by Crippen LogP contribution is -2.36. The fourth-order valence-corrected chi connectivity index (χ4v) is 5.09.